The molecule has 0 bridgehead atoms. The van der Waals surface area contributed by atoms with E-state index in [-0.39, 0.29) is 11.7 Å². The average molecular weight is 207 g/mol. The van der Waals surface area contributed by atoms with Crippen LogP contribution >= 0.6 is 0 Å². The van der Waals surface area contributed by atoms with E-state index in [0.717, 1.165) is 0 Å². The first-order chi connectivity index (χ1) is 4.34. The van der Waals surface area contributed by atoms with Crippen molar-refractivity contribution in [3.05, 3.63) is 24.3 Å². The third-order valence-corrected chi connectivity index (χ3v) is 1.77. The van der Waals surface area contributed by atoms with Gasteiger partial charge in [-0.25, -0.2) is 0 Å². The zero-order chi connectivity index (χ0) is 6.69. The molecule has 0 amide bonds. The number of allylic oxidation sites excluding steroid dienone is 4. The summed E-state index contributed by atoms with van der Waals surface area (Å²) in [5.41, 5.74) is 0. The minimum absolute atomic E-state index is 0.00796. The number of carbonyl (C=O) groups is 1. The fourth-order valence-corrected chi connectivity index (χ4v) is 1.12. The number of hydrogen-bond acceptors (Lipinski definition) is 1. The second-order valence-corrected chi connectivity index (χ2v) is 2.37. The quantitative estimate of drug-likeness (QED) is 0.577. The molecule has 1 aliphatic rings. The van der Waals surface area contributed by atoms with Crippen molar-refractivity contribution in [1.29, 1.82) is 0 Å². The Morgan fingerprint density at radius 1 is 1.56 bits per heavy atom. The minimum atomic E-state index is -0.00796. The third kappa shape index (κ3) is 1.52. The predicted octanol–water partition coefficient (Wildman–Crippen LogP) is 0.647. The van der Waals surface area contributed by atoms with Gasteiger partial charge in [-0.2, -0.15) is 0 Å². The van der Waals surface area contributed by atoms with Crippen molar-refractivity contribution >= 4 is 10.4 Å². The summed E-state index contributed by atoms with van der Waals surface area (Å²) in [6, 6.07) is 0. The van der Waals surface area contributed by atoms with E-state index in [2.05, 4.69) is 17.9 Å². The Morgan fingerprint density at radius 3 is 2.78 bits per heavy atom. The molecule has 0 spiro atoms. The van der Waals surface area contributed by atoms with Gasteiger partial charge in [0.1, 0.15) is 0 Å². The zero-order valence-corrected chi connectivity index (χ0v) is 6.46. The van der Waals surface area contributed by atoms with Gasteiger partial charge in [-0.3, -0.25) is 0 Å². The SMILES string of the molecule is O=C1C=CC=CC1[CH]=[Ru]. The van der Waals surface area contributed by atoms with Crippen LogP contribution in [0.3, 0.4) is 0 Å². The summed E-state index contributed by atoms with van der Waals surface area (Å²) in [5, 5.41) is 0. The molecule has 1 rings (SSSR count). The van der Waals surface area contributed by atoms with E-state index in [1.54, 1.807) is 12.2 Å². The molecular weight excluding hydrogens is 201 g/mol. The molecule has 48 valence electrons. The molecule has 0 fully saturated rings. The normalized spacial score (nSPS) is 24.6. The molecular formula is C7H6ORu. The van der Waals surface area contributed by atoms with Gasteiger partial charge in [0.25, 0.3) is 0 Å². The van der Waals surface area contributed by atoms with Crippen LogP contribution in [0.15, 0.2) is 24.3 Å². The van der Waals surface area contributed by atoms with E-state index in [0.29, 0.717) is 0 Å². The summed E-state index contributed by atoms with van der Waals surface area (Å²) < 4.78 is 1.82. The molecule has 0 N–H and O–H groups in total. The molecule has 0 aromatic heterocycles. The van der Waals surface area contributed by atoms with Gasteiger partial charge in [0, 0.05) is 0 Å². The van der Waals surface area contributed by atoms with Crippen LogP contribution in [0.5, 0.6) is 0 Å². The molecule has 0 heterocycles. The molecule has 0 saturated heterocycles. The Kier molecular flexibility index (Phi) is 2.24. The summed E-state index contributed by atoms with van der Waals surface area (Å²) in [4.78, 5) is 10.8. The number of carbonyl (C=O) groups excluding carboxylic acids is 1. The van der Waals surface area contributed by atoms with Gasteiger partial charge >= 0.3 is 63.3 Å². The predicted molar refractivity (Wildman–Crippen MR) is 32.8 cm³/mol. The molecule has 1 unspecified atom stereocenters. The first-order valence-electron chi connectivity index (χ1n) is 2.65. The van der Waals surface area contributed by atoms with Crippen molar-refractivity contribution in [1.82, 2.24) is 0 Å². The van der Waals surface area contributed by atoms with Crippen LogP contribution in [-0.4, -0.2) is 10.4 Å². The van der Waals surface area contributed by atoms with Crippen molar-refractivity contribution in [2.24, 2.45) is 5.92 Å². The van der Waals surface area contributed by atoms with Crippen LogP contribution in [0.1, 0.15) is 0 Å². The third-order valence-electron chi connectivity index (χ3n) is 1.15. The van der Waals surface area contributed by atoms with Gasteiger partial charge in [-0.05, 0) is 0 Å². The summed E-state index contributed by atoms with van der Waals surface area (Å²) in [7, 11) is 0. The van der Waals surface area contributed by atoms with Crippen LogP contribution in [-0.2, 0) is 22.6 Å². The summed E-state index contributed by atoms with van der Waals surface area (Å²) in [5.74, 6) is 0.155. The van der Waals surface area contributed by atoms with Gasteiger partial charge in [0.05, 0.1) is 0 Å². The van der Waals surface area contributed by atoms with Gasteiger partial charge < -0.3 is 0 Å². The summed E-state index contributed by atoms with van der Waals surface area (Å²) in [6.45, 7) is 0. The van der Waals surface area contributed by atoms with E-state index in [1.165, 1.54) is 0 Å². The van der Waals surface area contributed by atoms with Crippen LogP contribution in [0.2, 0.25) is 0 Å². The second-order valence-electron chi connectivity index (χ2n) is 1.79. The van der Waals surface area contributed by atoms with Crippen molar-refractivity contribution in [2.75, 3.05) is 0 Å². The fraction of sp³-hybridized carbons (Fsp3) is 0.143. The van der Waals surface area contributed by atoms with Crippen LogP contribution in [0.25, 0.3) is 0 Å². The molecule has 9 heavy (non-hydrogen) atoms. The van der Waals surface area contributed by atoms with E-state index in [4.69, 9.17) is 0 Å². The van der Waals surface area contributed by atoms with Crippen molar-refractivity contribution in [2.45, 2.75) is 0 Å². The van der Waals surface area contributed by atoms with Crippen molar-refractivity contribution < 1.29 is 22.6 Å². The Labute approximate surface area is 63.6 Å². The number of rotatable bonds is 1. The van der Waals surface area contributed by atoms with Crippen molar-refractivity contribution in [3.8, 4) is 0 Å². The maximum atomic E-state index is 10.8. The van der Waals surface area contributed by atoms with Gasteiger partial charge in [0.15, 0.2) is 0 Å². The Morgan fingerprint density at radius 2 is 2.33 bits per heavy atom. The van der Waals surface area contributed by atoms with Crippen LogP contribution in [0, 0.1) is 5.92 Å². The monoisotopic (exact) mass is 208 g/mol. The number of hydrogen-bond donors (Lipinski definition) is 0. The van der Waals surface area contributed by atoms with Gasteiger partial charge in [-0.15, -0.1) is 0 Å². The van der Waals surface area contributed by atoms with E-state index in [1.807, 2.05) is 16.8 Å². The first kappa shape index (κ1) is 6.76. The number of ketones is 1. The topological polar surface area (TPSA) is 17.1 Å². The molecule has 1 atom stereocenters. The average Bonchev–Trinajstić information content (AvgIpc) is 1.89. The van der Waals surface area contributed by atoms with Crippen LogP contribution < -0.4 is 0 Å². The molecule has 1 nitrogen and oxygen atoms in total. The molecule has 2 heteroatoms. The van der Waals surface area contributed by atoms with Gasteiger partial charge in [-0.1, -0.05) is 0 Å². The first-order valence-corrected chi connectivity index (χ1v) is 3.66. The van der Waals surface area contributed by atoms with Crippen LogP contribution in [0.4, 0.5) is 0 Å². The molecule has 0 saturated carbocycles. The molecule has 0 aliphatic heterocycles. The standard InChI is InChI=1S/C7H6O.Ru/c1-6-4-2-3-5-7(6)8;/h1-6H;. The zero-order valence-electron chi connectivity index (χ0n) is 4.73. The molecule has 1 aliphatic carbocycles. The van der Waals surface area contributed by atoms with Crippen molar-refractivity contribution in [3.63, 3.8) is 0 Å². The molecule has 0 radical (unpaired) electrons. The van der Waals surface area contributed by atoms with E-state index < -0.39 is 0 Å². The van der Waals surface area contributed by atoms with E-state index in [9.17, 15) is 4.79 Å². The summed E-state index contributed by atoms with van der Waals surface area (Å²) in [6.07, 6.45) is 7.11. The Hall–Kier alpha value is -0.357. The van der Waals surface area contributed by atoms with E-state index >= 15 is 0 Å². The fourth-order valence-electron chi connectivity index (χ4n) is 0.638. The second kappa shape index (κ2) is 2.98. The summed E-state index contributed by atoms with van der Waals surface area (Å²) >= 11 is 2.35. The molecule has 0 aromatic carbocycles. The Balaban J connectivity index is 2.77. The maximum absolute atomic E-state index is 10.8. The molecule has 0 aromatic rings. The van der Waals surface area contributed by atoms with Gasteiger partial charge in [0.2, 0.25) is 0 Å². The Bertz CT molecular complexity index is 191.